The summed E-state index contributed by atoms with van der Waals surface area (Å²) in [4.78, 5) is 23.7. The Hall–Kier alpha value is -3.48. The number of benzene rings is 1. The maximum Gasteiger partial charge on any atom is 0.291 e. The number of fused-ring (bicyclic) bond motifs is 1. The van der Waals surface area contributed by atoms with Crippen molar-refractivity contribution in [1.29, 1.82) is 0 Å². The number of aromatic nitrogens is 3. The van der Waals surface area contributed by atoms with Crippen molar-refractivity contribution in [3.05, 3.63) is 66.0 Å². The van der Waals surface area contributed by atoms with E-state index < -0.39 is 11.7 Å². The topological polar surface area (TPSA) is 83.8 Å². The summed E-state index contributed by atoms with van der Waals surface area (Å²) in [6, 6.07) is 11.1. The zero-order chi connectivity index (χ0) is 17.4. The van der Waals surface area contributed by atoms with Gasteiger partial charge in [-0.15, -0.1) is 0 Å². The van der Waals surface area contributed by atoms with Gasteiger partial charge in [0.2, 0.25) is 0 Å². The van der Waals surface area contributed by atoms with Crippen LogP contribution in [-0.4, -0.2) is 20.9 Å². The number of nitrogens with zero attached hydrogens (tertiary/aromatic N) is 2. The molecular weight excluding hydrogens is 323 g/mol. The molecule has 0 aliphatic heterocycles. The molecule has 124 valence electrons. The molecule has 2 N–H and O–H groups in total. The van der Waals surface area contributed by atoms with Crippen LogP contribution in [0.15, 0.2) is 53.1 Å². The maximum absolute atomic E-state index is 14.3. The highest BCUT2D eigenvalue weighted by Crippen LogP contribution is 2.26. The molecule has 0 spiro atoms. The second-order valence-corrected chi connectivity index (χ2v) is 5.54. The van der Waals surface area contributed by atoms with E-state index >= 15 is 0 Å². The zero-order valence-corrected chi connectivity index (χ0v) is 13.2. The molecule has 1 amide bonds. The summed E-state index contributed by atoms with van der Waals surface area (Å²) in [7, 11) is 0. The Morgan fingerprint density at radius 3 is 2.88 bits per heavy atom. The molecule has 1 aromatic carbocycles. The minimum atomic E-state index is -0.452. The van der Waals surface area contributed by atoms with Crippen molar-refractivity contribution in [2.75, 3.05) is 5.32 Å². The van der Waals surface area contributed by atoms with Crippen LogP contribution in [0.3, 0.4) is 0 Å². The van der Waals surface area contributed by atoms with E-state index in [9.17, 15) is 9.18 Å². The predicted molar refractivity (Wildman–Crippen MR) is 90.7 cm³/mol. The molecule has 3 heterocycles. The number of aryl methyl sites for hydroxylation is 1. The fourth-order valence-electron chi connectivity index (χ4n) is 2.50. The molecule has 0 bridgehead atoms. The second kappa shape index (κ2) is 5.86. The van der Waals surface area contributed by atoms with Gasteiger partial charge in [0, 0.05) is 11.4 Å². The number of anilines is 1. The van der Waals surface area contributed by atoms with Gasteiger partial charge >= 0.3 is 0 Å². The first-order chi connectivity index (χ1) is 12.1. The summed E-state index contributed by atoms with van der Waals surface area (Å²) < 4.78 is 19.3. The summed E-state index contributed by atoms with van der Waals surface area (Å²) in [6.07, 6.45) is 1.41. The molecule has 0 aliphatic rings. The molecule has 0 fully saturated rings. The number of nitrogens with one attached hydrogen (secondary N) is 2. The lowest BCUT2D eigenvalue weighted by Gasteiger charge is -2.06. The van der Waals surface area contributed by atoms with Crippen LogP contribution in [0.2, 0.25) is 0 Å². The molecule has 3 aromatic heterocycles. The summed E-state index contributed by atoms with van der Waals surface area (Å²) >= 11 is 0. The van der Waals surface area contributed by atoms with Crippen LogP contribution >= 0.6 is 0 Å². The minimum Gasteiger partial charge on any atom is -0.459 e. The number of amides is 1. The molecule has 25 heavy (non-hydrogen) atoms. The smallest absolute Gasteiger partial charge is 0.291 e. The van der Waals surface area contributed by atoms with Crippen LogP contribution in [0.1, 0.15) is 16.2 Å². The third-order valence-corrected chi connectivity index (χ3v) is 3.71. The van der Waals surface area contributed by atoms with E-state index in [0.717, 1.165) is 5.69 Å². The number of rotatable bonds is 3. The van der Waals surface area contributed by atoms with Gasteiger partial charge in [-0.25, -0.2) is 14.4 Å². The monoisotopic (exact) mass is 336 g/mol. The van der Waals surface area contributed by atoms with E-state index in [1.165, 1.54) is 24.5 Å². The fraction of sp³-hybridized carbons (Fsp3) is 0.0556. The van der Waals surface area contributed by atoms with E-state index in [2.05, 4.69) is 20.3 Å². The number of hydrogen-bond donors (Lipinski definition) is 2. The van der Waals surface area contributed by atoms with Crippen LogP contribution in [0.4, 0.5) is 10.1 Å². The van der Waals surface area contributed by atoms with Crippen LogP contribution in [-0.2, 0) is 0 Å². The van der Waals surface area contributed by atoms with Crippen molar-refractivity contribution in [3.8, 4) is 11.4 Å². The minimum absolute atomic E-state index is 0.175. The van der Waals surface area contributed by atoms with Gasteiger partial charge in [-0.1, -0.05) is 0 Å². The Kier molecular flexibility index (Phi) is 3.53. The molecule has 0 aliphatic carbocycles. The van der Waals surface area contributed by atoms with Crippen LogP contribution in [0.5, 0.6) is 0 Å². The van der Waals surface area contributed by atoms with Crippen LogP contribution in [0, 0.1) is 12.7 Å². The highest BCUT2D eigenvalue weighted by molar-refractivity contribution is 6.02. The molecule has 4 aromatic rings. The molecule has 6 nitrogen and oxygen atoms in total. The second-order valence-electron chi connectivity index (χ2n) is 5.54. The van der Waals surface area contributed by atoms with Gasteiger partial charge in [-0.3, -0.25) is 4.79 Å². The third kappa shape index (κ3) is 2.87. The Morgan fingerprint density at radius 2 is 2.08 bits per heavy atom. The Bertz CT molecular complexity index is 1070. The number of aromatic amines is 1. The number of carbonyl (C=O) groups excluding carboxylic acids is 1. The average molecular weight is 336 g/mol. The van der Waals surface area contributed by atoms with Gasteiger partial charge in [0.15, 0.2) is 11.4 Å². The molecule has 0 saturated carbocycles. The van der Waals surface area contributed by atoms with Gasteiger partial charge < -0.3 is 14.7 Å². The first kappa shape index (κ1) is 15.1. The summed E-state index contributed by atoms with van der Waals surface area (Å²) in [5.74, 6) is -0.342. The summed E-state index contributed by atoms with van der Waals surface area (Å²) in [5.41, 5.74) is 2.73. The van der Waals surface area contributed by atoms with E-state index in [1.54, 1.807) is 12.1 Å². The average Bonchev–Trinajstić information content (AvgIpc) is 3.25. The largest absolute Gasteiger partial charge is 0.459 e. The molecule has 0 radical (unpaired) electrons. The van der Waals surface area contributed by atoms with E-state index in [-0.39, 0.29) is 11.3 Å². The molecule has 0 unspecified atom stereocenters. The van der Waals surface area contributed by atoms with Crippen molar-refractivity contribution >= 4 is 22.8 Å². The number of H-pyrrole nitrogens is 1. The number of furan rings is 1. The van der Waals surface area contributed by atoms with Crippen molar-refractivity contribution in [3.63, 3.8) is 0 Å². The lowest BCUT2D eigenvalue weighted by atomic mass is 10.1. The number of carbonyl (C=O) groups is 1. The van der Waals surface area contributed by atoms with Crippen molar-refractivity contribution < 1.29 is 13.6 Å². The Balaban J connectivity index is 1.70. The lowest BCUT2D eigenvalue weighted by Crippen LogP contribution is -2.11. The summed E-state index contributed by atoms with van der Waals surface area (Å²) in [5, 5.41) is 2.67. The highest BCUT2D eigenvalue weighted by Gasteiger charge is 2.14. The SMILES string of the molecule is Cc1ccc2[nH]c(-c3cc(NC(=O)c4ccco4)ccc3F)nc2n1. The number of pyridine rings is 1. The Labute approximate surface area is 141 Å². The van der Waals surface area contributed by atoms with Gasteiger partial charge in [-0.2, -0.15) is 0 Å². The standard InChI is InChI=1S/C18H13FN4O2/c1-10-4-7-14-17(20-10)23-16(22-14)12-9-11(5-6-13(12)19)21-18(24)15-3-2-8-25-15/h2-9H,1H3,(H,21,24)(H,20,22,23). The Morgan fingerprint density at radius 1 is 1.20 bits per heavy atom. The lowest BCUT2D eigenvalue weighted by molar-refractivity contribution is 0.0996. The van der Waals surface area contributed by atoms with Gasteiger partial charge in [0.1, 0.15) is 11.6 Å². The quantitative estimate of drug-likeness (QED) is 0.594. The van der Waals surface area contributed by atoms with Crippen molar-refractivity contribution in [2.45, 2.75) is 6.92 Å². The fourth-order valence-corrected chi connectivity index (χ4v) is 2.50. The van der Waals surface area contributed by atoms with Gasteiger partial charge in [0.25, 0.3) is 5.91 Å². The molecular formula is C18H13FN4O2. The maximum atomic E-state index is 14.3. The van der Waals surface area contributed by atoms with Gasteiger partial charge in [-0.05, 0) is 49.4 Å². The molecule has 0 atom stereocenters. The number of halogens is 1. The molecule has 0 saturated heterocycles. The van der Waals surface area contributed by atoms with Crippen molar-refractivity contribution in [1.82, 2.24) is 15.0 Å². The normalized spacial score (nSPS) is 11.0. The van der Waals surface area contributed by atoms with Crippen molar-refractivity contribution in [2.24, 2.45) is 0 Å². The van der Waals surface area contributed by atoms with E-state index in [0.29, 0.717) is 22.7 Å². The van der Waals surface area contributed by atoms with Gasteiger partial charge in [0.05, 0.1) is 17.3 Å². The zero-order valence-electron chi connectivity index (χ0n) is 13.2. The third-order valence-electron chi connectivity index (χ3n) is 3.71. The molecule has 7 heteroatoms. The van der Waals surface area contributed by atoms with E-state index in [4.69, 9.17) is 4.42 Å². The first-order valence-electron chi connectivity index (χ1n) is 7.58. The number of imidazole rings is 1. The van der Waals surface area contributed by atoms with Crippen LogP contribution < -0.4 is 5.32 Å². The highest BCUT2D eigenvalue weighted by atomic mass is 19.1. The van der Waals surface area contributed by atoms with Crippen LogP contribution in [0.25, 0.3) is 22.6 Å². The predicted octanol–water partition coefficient (Wildman–Crippen LogP) is 3.92. The number of hydrogen-bond acceptors (Lipinski definition) is 4. The summed E-state index contributed by atoms with van der Waals surface area (Å²) in [6.45, 7) is 1.86. The van der Waals surface area contributed by atoms with E-state index in [1.807, 2.05) is 19.1 Å². The molecule has 4 rings (SSSR count). The first-order valence-corrected chi connectivity index (χ1v) is 7.58.